The van der Waals surface area contributed by atoms with Gasteiger partial charge in [-0.3, -0.25) is 9.69 Å². The number of carbonyl (C=O) groups is 1. The summed E-state index contributed by atoms with van der Waals surface area (Å²) in [5.41, 5.74) is 0.543. The van der Waals surface area contributed by atoms with Crippen LogP contribution in [0, 0.1) is 0 Å². The lowest BCUT2D eigenvalue weighted by atomic mass is 10.1. The summed E-state index contributed by atoms with van der Waals surface area (Å²) in [7, 11) is 0. The number of hydrogen-bond donors (Lipinski definition) is 0. The van der Waals surface area contributed by atoms with Crippen molar-refractivity contribution < 1.29 is 22.7 Å². The zero-order chi connectivity index (χ0) is 18.0. The standard InChI is InChI=1S/C18H16F3NO2S/c1-2-24-15-6-4-3-5-14(15)17-22(16(23)11-25-17)13-9-7-12(8-10-13)18(19,20)21/h3-10,17H,2,11H2,1H3/t17-/m1/s1. The molecule has 0 unspecified atom stereocenters. The van der Waals surface area contributed by atoms with Crippen molar-refractivity contribution >= 4 is 23.4 Å². The van der Waals surface area contributed by atoms with Gasteiger partial charge in [0.25, 0.3) is 0 Å². The lowest BCUT2D eigenvalue weighted by molar-refractivity contribution is -0.137. The number of hydrogen-bond acceptors (Lipinski definition) is 3. The van der Waals surface area contributed by atoms with Gasteiger partial charge in [-0.15, -0.1) is 11.8 Å². The average molecular weight is 367 g/mol. The van der Waals surface area contributed by atoms with Crippen LogP contribution in [-0.2, 0) is 11.0 Å². The molecule has 3 nitrogen and oxygen atoms in total. The zero-order valence-corrected chi connectivity index (χ0v) is 14.2. The number of carbonyl (C=O) groups excluding carboxylic acids is 1. The van der Waals surface area contributed by atoms with Gasteiger partial charge in [0.05, 0.1) is 17.9 Å². The van der Waals surface area contributed by atoms with Crippen molar-refractivity contribution in [3.8, 4) is 5.75 Å². The third-order valence-electron chi connectivity index (χ3n) is 3.83. The SMILES string of the molecule is CCOc1ccccc1[C@H]1SCC(=O)N1c1ccc(C(F)(F)F)cc1. The lowest BCUT2D eigenvalue weighted by Crippen LogP contribution is -2.28. The Morgan fingerprint density at radius 2 is 1.84 bits per heavy atom. The molecule has 1 atom stereocenters. The number of anilines is 1. The molecule has 1 fully saturated rings. The number of para-hydroxylation sites is 1. The quantitative estimate of drug-likeness (QED) is 0.771. The van der Waals surface area contributed by atoms with Crippen LogP contribution in [0.4, 0.5) is 18.9 Å². The van der Waals surface area contributed by atoms with E-state index in [9.17, 15) is 18.0 Å². The second kappa shape index (κ2) is 7.00. The molecule has 0 saturated carbocycles. The van der Waals surface area contributed by atoms with Crippen LogP contribution in [-0.4, -0.2) is 18.3 Å². The first kappa shape index (κ1) is 17.7. The van der Waals surface area contributed by atoms with Crippen LogP contribution in [0.1, 0.15) is 23.4 Å². The molecule has 25 heavy (non-hydrogen) atoms. The maximum Gasteiger partial charge on any atom is 0.416 e. The molecular weight excluding hydrogens is 351 g/mol. The van der Waals surface area contributed by atoms with Gasteiger partial charge < -0.3 is 4.74 Å². The maximum atomic E-state index is 12.8. The van der Waals surface area contributed by atoms with Crippen molar-refractivity contribution in [3.05, 3.63) is 59.7 Å². The summed E-state index contributed by atoms with van der Waals surface area (Å²) in [4.78, 5) is 13.9. The van der Waals surface area contributed by atoms with Gasteiger partial charge in [-0.1, -0.05) is 18.2 Å². The molecule has 0 aliphatic carbocycles. The Morgan fingerprint density at radius 3 is 2.48 bits per heavy atom. The van der Waals surface area contributed by atoms with Crippen molar-refractivity contribution in [2.75, 3.05) is 17.3 Å². The number of thioether (sulfide) groups is 1. The highest BCUT2D eigenvalue weighted by Gasteiger charge is 2.36. The normalized spacial score (nSPS) is 17.8. The van der Waals surface area contributed by atoms with Crippen LogP contribution < -0.4 is 9.64 Å². The van der Waals surface area contributed by atoms with Crippen LogP contribution in [0.15, 0.2) is 48.5 Å². The molecule has 132 valence electrons. The third kappa shape index (κ3) is 3.61. The summed E-state index contributed by atoms with van der Waals surface area (Å²) in [5.74, 6) is 0.807. The fourth-order valence-electron chi connectivity index (χ4n) is 2.72. The number of halogens is 3. The van der Waals surface area contributed by atoms with Crippen LogP contribution in [0.5, 0.6) is 5.75 Å². The van der Waals surface area contributed by atoms with Crippen molar-refractivity contribution in [1.29, 1.82) is 0 Å². The zero-order valence-electron chi connectivity index (χ0n) is 13.4. The highest BCUT2D eigenvalue weighted by atomic mass is 32.2. The van der Waals surface area contributed by atoms with Crippen molar-refractivity contribution in [2.45, 2.75) is 18.5 Å². The Morgan fingerprint density at radius 1 is 1.16 bits per heavy atom. The Labute approximate surface area is 147 Å². The number of nitrogens with zero attached hydrogens (tertiary/aromatic N) is 1. The highest BCUT2D eigenvalue weighted by Crippen LogP contribution is 2.45. The first-order chi connectivity index (χ1) is 11.9. The van der Waals surface area contributed by atoms with Gasteiger partial charge in [0.1, 0.15) is 11.1 Å². The summed E-state index contributed by atoms with van der Waals surface area (Å²) in [5, 5.41) is -0.327. The molecule has 0 spiro atoms. The minimum atomic E-state index is -4.40. The molecule has 2 aromatic carbocycles. The maximum absolute atomic E-state index is 12.8. The minimum absolute atomic E-state index is 0.138. The molecule has 7 heteroatoms. The average Bonchev–Trinajstić information content (AvgIpc) is 2.96. The predicted octanol–water partition coefficient (Wildman–Crippen LogP) is 4.88. The van der Waals surface area contributed by atoms with E-state index in [1.807, 2.05) is 31.2 Å². The van der Waals surface area contributed by atoms with Crippen LogP contribution in [0.2, 0.25) is 0 Å². The van der Waals surface area contributed by atoms with Crippen LogP contribution >= 0.6 is 11.8 Å². The smallest absolute Gasteiger partial charge is 0.416 e. The van der Waals surface area contributed by atoms with E-state index in [0.29, 0.717) is 18.0 Å². The molecule has 1 aliphatic rings. The molecule has 1 aliphatic heterocycles. The number of rotatable bonds is 4. The molecule has 1 saturated heterocycles. The van der Waals surface area contributed by atoms with E-state index >= 15 is 0 Å². The van der Waals surface area contributed by atoms with Gasteiger partial charge in [0.2, 0.25) is 5.91 Å². The summed E-state index contributed by atoms with van der Waals surface area (Å²) in [6, 6.07) is 12.1. The number of amides is 1. The van der Waals surface area contributed by atoms with Crippen molar-refractivity contribution in [3.63, 3.8) is 0 Å². The van der Waals surface area contributed by atoms with E-state index in [4.69, 9.17) is 4.74 Å². The Hall–Kier alpha value is -2.15. The summed E-state index contributed by atoms with van der Waals surface area (Å²) >= 11 is 1.43. The first-order valence-corrected chi connectivity index (χ1v) is 8.79. The van der Waals surface area contributed by atoms with Gasteiger partial charge in [-0.05, 0) is 37.3 Å². The molecule has 2 aromatic rings. The summed E-state index contributed by atoms with van der Waals surface area (Å²) < 4.78 is 43.9. The molecule has 0 aromatic heterocycles. The van der Waals surface area contributed by atoms with Crippen LogP contribution in [0.25, 0.3) is 0 Å². The van der Waals surface area contributed by atoms with Gasteiger partial charge in [0, 0.05) is 11.3 Å². The van der Waals surface area contributed by atoms with E-state index in [2.05, 4.69) is 0 Å². The second-order valence-electron chi connectivity index (χ2n) is 5.44. The van der Waals surface area contributed by atoms with Crippen molar-refractivity contribution in [2.24, 2.45) is 0 Å². The minimum Gasteiger partial charge on any atom is -0.493 e. The molecule has 3 rings (SSSR count). The van der Waals surface area contributed by atoms with Gasteiger partial charge >= 0.3 is 6.18 Å². The summed E-state index contributed by atoms with van der Waals surface area (Å²) in [6.07, 6.45) is -4.40. The lowest BCUT2D eigenvalue weighted by Gasteiger charge is -2.26. The Kier molecular flexibility index (Phi) is 4.94. The van der Waals surface area contributed by atoms with Gasteiger partial charge in [0.15, 0.2) is 0 Å². The largest absolute Gasteiger partial charge is 0.493 e. The monoisotopic (exact) mass is 367 g/mol. The molecule has 0 radical (unpaired) electrons. The van der Waals surface area contributed by atoms with Gasteiger partial charge in [-0.25, -0.2) is 0 Å². The van der Waals surface area contributed by atoms with E-state index in [-0.39, 0.29) is 17.0 Å². The first-order valence-electron chi connectivity index (χ1n) is 7.74. The Balaban J connectivity index is 1.96. The topological polar surface area (TPSA) is 29.5 Å². The molecule has 1 amide bonds. The fraction of sp³-hybridized carbons (Fsp3) is 0.278. The van der Waals surface area contributed by atoms with Crippen LogP contribution in [0.3, 0.4) is 0 Å². The predicted molar refractivity (Wildman–Crippen MR) is 91.7 cm³/mol. The van der Waals surface area contributed by atoms with E-state index in [1.54, 1.807) is 0 Å². The van der Waals surface area contributed by atoms with E-state index in [1.165, 1.54) is 28.8 Å². The number of ether oxygens (including phenoxy) is 1. The van der Waals surface area contributed by atoms with E-state index < -0.39 is 11.7 Å². The molecule has 0 bridgehead atoms. The van der Waals surface area contributed by atoms with E-state index in [0.717, 1.165) is 17.7 Å². The number of alkyl halides is 3. The fourth-order valence-corrected chi connectivity index (χ4v) is 3.92. The highest BCUT2D eigenvalue weighted by molar-refractivity contribution is 8.00. The van der Waals surface area contributed by atoms with Gasteiger partial charge in [-0.2, -0.15) is 13.2 Å². The van der Waals surface area contributed by atoms with Crippen molar-refractivity contribution in [1.82, 2.24) is 0 Å². The number of benzene rings is 2. The molecule has 1 heterocycles. The third-order valence-corrected chi connectivity index (χ3v) is 5.02. The Bertz CT molecular complexity index is 762. The molecular formula is C18H16F3NO2S. The molecule has 0 N–H and O–H groups in total. The second-order valence-corrected chi connectivity index (χ2v) is 6.51. The summed E-state index contributed by atoms with van der Waals surface area (Å²) in [6.45, 7) is 2.36.